The molecule has 28 heavy (non-hydrogen) atoms. The lowest BCUT2D eigenvalue weighted by molar-refractivity contribution is 0.0818. The maximum absolute atomic E-state index is 14.7. The SMILES string of the molecule is Cc1nc2ccc(C(=O)C(F)CC3CCN(Cc4ccccc4)CC3)cc2s1. The van der Waals surface area contributed by atoms with Crippen molar-refractivity contribution in [1.82, 2.24) is 9.88 Å². The van der Waals surface area contributed by atoms with E-state index >= 15 is 0 Å². The van der Waals surface area contributed by atoms with E-state index in [1.165, 1.54) is 5.56 Å². The van der Waals surface area contributed by atoms with Crippen molar-refractivity contribution in [3.05, 3.63) is 64.7 Å². The van der Waals surface area contributed by atoms with Crippen LogP contribution < -0.4 is 0 Å². The Labute approximate surface area is 169 Å². The summed E-state index contributed by atoms with van der Waals surface area (Å²) in [5, 5.41) is 0.957. The Morgan fingerprint density at radius 1 is 1.21 bits per heavy atom. The van der Waals surface area contributed by atoms with Gasteiger partial charge in [-0.3, -0.25) is 9.69 Å². The second-order valence-electron chi connectivity index (χ2n) is 7.69. The first kappa shape index (κ1) is 19.2. The summed E-state index contributed by atoms with van der Waals surface area (Å²) in [6, 6.07) is 15.8. The molecule has 5 heteroatoms. The van der Waals surface area contributed by atoms with Crippen LogP contribution in [0.5, 0.6) is 0 Å². The molecule has 0 amide bonds. The van der Waals surface area contributed by atoms with Gasteiger partial charge in [-0.2, -0.15) is 0 Å². The lowest BCUT2D eigenvalue weighted by atomic mass is 9.89. The van der Waals surface area contributed by atoms with E-state index in [2.05, 4.69) is 34.1 Å². The van der Waals surface area contributed by atoms with E-state index in [1.807, 2.05) is 19.1 Å². The van der Waals surface area contributed by atoms with E-state index in [0.717, 1.165) is 47.7 Å². The molecule has 3 nitrogen and oxygen atoms in total. The fourth-order valence-corrected chi connectivity index (χ4v) is 4.86. The zero-order valence-corrected chi connectivity index (χ0v) is 16.9. The number of halogens is 1. The van der Waals surface area contributed by atoms with Crippen molar-refractivity contribution in [2.24, 2.45) is 5.92 Å². The van der Waals surface area contributed by atoms with Crippen LogP contribution in [0.3, 0.4) is 0 Å². The molecule has 3 aromatic rings. The van der Waals surface area contributed by atoms with Gasteiger partial charge >= 0.3 is 0 Å². The second-order valence-corrected chi connectivity index (χ2v) is 8.92. The fourth-order valence-electron chi connectivity index (χ4n) is 4.00. The number of aryl methyl sites for hydroxylation is 1. The third-order valence-electron chi connectivity index (χ3n) is 5.56. The molecule has 4 rings (SSSR count). The summed E-state index contributed by atoms with van der Waals surface area (Å²) in [4.78, 5) is 19.4. The van der Waals surface area contributed by atoms with E-state index in [0.29, 0.717) is 12.0 Å². The molecule has 1 aliphatic heterocycles. The monoisotopic (exact) mass is 396 g/mol. The van der Waals surface area contributed by atoms with E-state index < -0.39 is 6.17 Å². The lowest BCUT2D eigenvalue weighted by Gasteiger charge is -2.32. The maximum Gasteiger partial charge on any atom is 0.196 e. The number of alkyl halides is 1. The first-order valence-corrected chi connectivity index (χ1v) is 10.7. The van der Waals surface area contributed by atoms with Gasteiger partial charge < -0.3 is 0 Å². The van der Waals surface area contributed by atoms with Gasteiger partial charge in [-0.1, -0.05) is 30.3 Å². The Morgan fingerprint density at radius 3 is 2.71 bits per heavy atom. The van der Waals surface area contributed by atoms with Gasteiger partial charge in [0.25, 0.3) is 0 Å². The number of aromatic nitrogens is 1. The van der Waals surface area contributed by atoms with Crippen LogP contribution >= 0.6 is 11.3 Å². The quantitative estimate of drug-likeness (QED) is 0.521. The number of nitrogens with zero attached hydrogens (tertiary/aromatic N) is 2. The van der Waals surface area contributed by atoms with E-state index in [9.17, 15) is 9.18 Å². The largest absolute Gasteiger partial charge is 0.299 e. The van der Waals surface area contributed by atoms with Gasteiger partial charge in [0.1, 0.15) is 0 Å². The number of rotatable bonds is 6. The molecular formula is C23H25FN2OS. The van der Waals surface area contributed by atoms with Gasteiger partial charge in [0, 0.05) is 12.1 Å². The Kier molecular flexibility index (Phi) is 5.83. The maximum atomic E-state index is 14.7. The van der Waals surface area contributed by atoms with Crippen LogP contribution in [-0.4, -0.2) is 34.9 Å². The highest BCUT2D eigenvalue weighted by molar-refractivity contribution is 7.18. The highest BCUT2D eigenvalue weighted by Crippen LogP contribution is 2.27. The molecule has 0 aliphatic carbocycles. The van der Waals surface area contributed by atoms with Crippen molar-refractivity contribution < 1.29 is 9.18 Å². The summed E-state index contributed by atoms with van der Waals surface area (Å²) < 4.78 is 15.7. The van der Waals surface area contributed by atoms with Crippen molar-refractivity contribution in [2.75, 3.05) is 13.1 Å². The molecule has 1 saturated heterocycles. The number of likely N-dealkylation sites (tertiary alicyclic amines) is 1. The minimum atomic E-state index is -1.42. The van der Waals surface area contributed by atoms with Crippen LogP contribution in [0.4, 0.5) is 4.39 Å². The van der Waals surface area contributed by atoms with Crippen LogP contribution in [0.15, 0.2) is 48.5 Å². The van der Waals surface area contributed by atoms with Gasteiger partial charge in [-0.05, 0) is 69.0 Å². The van der Waals surface area contributed by atoms with Crippen LogP contribution in [0, 0.1) is 12.8 Å². The Hall–Kier alpha value is -2.11. The number of carbonyl (C=O) groups excluding carboxylic acids is 1. The highest BCUT2D eigenvalue weighted by atomic mass is 32.1. The van der Waals surface area contributed by atoms with Gasteiger partial charge in [0.2, 0.25) is 0 Å². The summed E-state index contributed by atoms with van der Waals surface area (Å²) in [5.74, 6) is -0.111. The zero-order valence-electron chi connectivity index (χ0n) is 16.1. The normalized spacial score (nSPS) is 17.1. The van der Waals surface area contributed by atoms with Crippen LogP contribution in [0.1, 0.15) is 40.2 Å². The average molecular weight is 397 g/mol. The number of ketones is 1. The lowest BCUT2D eigenvalue weighted by Crippen LogP contribution is -2.34. The topological polar surface area (TPSA) is 33.2 Å². The van der Waals surface area contributed by atoms with Crippen LogP contribution in [0.2, 0.25) is 0 Å². The molecule has 1 aliphatic rings. The number of piperidine rings is 1. The molecule has 0 spiro atoms. The van der Waals surface area contributed by atoms with Gasteiger partial charge in [0.15, 0.2) is 12.0 Å². The third kappa shape index (κ3) is 4.47. The van der Waals surface area contributed by atoms with Crippen molar-refractivity contribution in [1.29, 1.82) is 0 Å². The number of fused-ring (bicyclic) bond motifs is 1. The standard InChI is InChI=1S/C23H25FN2OS/c1-16-25-21-8-7-19(14-22(21)28-16)23(27)20(24)13-17-9-11-26(12-10-17)15-18-5-3-2-4-6-18/h2-8,14,17,20H,9-13,15H2,1H3. The molecule has 0 bridgehead atoms. The van der Waals surface area contributed by atoms with Crippen LogP contribution in [0.25, 0.3) is 10.2 Å². The summed E-state index contributed by atoms with van der Waals surface area (Å²) in [6.07, 6.45) is 0.816. The molecule has 146 valence electrons. The molecule has 0 N–H and O–H groups in total. The van der Waals surface area contributed by atoms with Crippen molar-refractivity contribution >= 4 is 27.3 Å². The number of hydrogen-bond acceptors (Lipinski definition) is 4. The fraction of sp³-hybridized carbons (Fsp3) is 0.391. The predicted molar refractivity (Wildman–Crippen MR) is 113 cm³/mol. The first-order valence-electron chi connectivity index (χ1n) is 9.90. The van der Waals surface area contributed by atoms with E-state index in [-0.39, 0.29) is 11.7 Å². The molecule has 2 heterocycles. The number of benzene rings is 2. The summed E-state index contributed by atoms with van der Waals surface area (Å²) in [6.45, 7) is 4.81. The Bertz CT molecular complexity index is 948. The number of hydrogen-bond donors (Lipinski definition) is 0. The summed E-state index contributed by atoms with van der Waals surface area (Å²) in [7, 11) is 0. The number of thiazole rings is 1. The van der Waals surface area contributed by atoms with Crippen molar-refractivity contribution in [3.63, 3.8) is 0 Å². The van der Waals surface area contributed by atoms with E-state index in [4.69, 9.17) is 0 Å². The molecule has 1 unspecified atom stereocenters. The predicted octanol–water partition coefficient (Wildman–Crippen LogP) is 5.43. The molecule has 0 saturated carbocycles. The molecular weight excluding hydrogens is 371 g/mol. The molecule has 1 atom stereocenters. The summed E-state index contributed by atoms with van der Waals surface area (Å²) >= 11 is 1.54. The average Bonchev–Trinajstić information content (AvgIpc) is 3.09. The van der Waals surface area contributed by atoms with Gasteiger partial charge in [0.05, 0.1) is 15.2 Å². The molecule has 1 aromatic heterocycles. The smallest absolute Gasteiger partial charge is 0.196 e. The first-order chi connectivity index (χ1) is 13.6. The molecule has 0 radical (unpaired) electrons. The Balaban J connectivity index is 1.31. The number of carbonyl (C=O) groups is 1. The van der Waals surface area contributed by atoms with E-state index in [1.54, 1.807) is 23.5 Å². The zero-order chi connectivity index (χ0) is 19.5. The number of Topliss-reactive ketones (excluding diaryl/α,β-unsaturated/α-hetero) is 1. The van der Waals surface area contributed by atoms with Crippen molar-refractivity contribution in [2.45, 2.75) is 38.9 Å². The third-order valence-corrected chi connectivity index (χ3v) is 6.49. The van der Waals surface area contributed by atoms with Crippen molar-refractivity contribution in [3.8, 4) is 0 Å². The minimum Gasteiger partial charge on any atom is -0.299 e. The second kappa shape index (κ2) is 8.50. The van der Waals surface area contributed by atoms with Gasteiger partial charge in [-0.15, -0.1) is 11.3 Å². The molecule has 1 fully saturated rings. The van der Waals surface area contributed by atoms with Crippen LogP contribution in [-0.2, 0) is 6.54 Å². The summed E-state index contributed by atoms with van der Waals surface area (Å²) in [5.41, 5.74) is 2.65. The van der Waals surface area contributed by atoms with Gasteiger partial charge in [-0.25, -0.2) is 9.37 Å². The molecule has 2 aromatic carbocycles. The Morgan fingerprint density at radius 2 is 1.96 bits per heavy atom. The minimum absolute atomic E-state index is 0.278. The highest BCUT2D eigenvalue weighted by Gasteiger charge is 2.27.